The van der Waals surface area contributed by atoms with Crippen LogP contribution >= 0.6 is 0 Å². The molecule has 0 radical (unpaired) electrons. The van der Waals surface area contributed by atoms with E-state index in [1.807, 2.05) is 13.1 Å². The molecular formula is C13H18N2O2. The van der Waals surface area contributed by atoms with Gasteiger partial charge < -0.3 is 9.64 Å². The van der Waals surface area contributed by atoms with Crippen molar-refractivity contribution in [3.05, 3.63) is 24.0 Å². The maximum absolute atomic E-state index is 11.1. The van der Waals surface area contributed by atoms with Gasteiger partial charge in [0.15, 0.2) is 5.78 Å². The molecule has 4 heteroatoms. The third kappa shape index (κ3) is 3.03. The molecule has 1 aromatic rings. The van der Waals surface area contributed by atoms with Gasteiger partial charge in [-0.2, -0.15) is 0 Å². The van der Waals surface area contributed by atoms with Crippen molar-refractivity contribution in [2.24, 2.45) is 0 Å². The molecule has 92 valence electrons. The fraction of sp³-hybridized carbons (Fsp3) is 0.538. The molecule has 4 nitrogen and oxygen atoms in total. The standard InChI is InChI=1S/C13H18N2O2/c1-10(16)13-6-5-11(8-14-13)15(2)9-12-4-3-7-17-12/h5-6,8,12H,3-4,7,9H2,1-2H3. The summed E-state index contributed by atoms with van der Waals surface area (Å²) in [6.45, 7) is 3.28. The summed E-state index contributed by atoms with van der Waals surface area (Å²) in [5.41, 5.74) is 1.53. The van der Waals surface area contributed by atoms with E-state index in [-0.39, 0.29) is 5.78 Å². The number of hydrogen-bond acceptors (Lipinski definition) is 4. The van der Waals surface area contributed by atoms with Gasteiger partial charge in [0.25, 0.3) is 0 Å². The predicted molar refractivity (Wildman–Crippen MR) is 66.5 cm³/mol. The summed E-state index contributed by atoms with van der Waals surface area (Å²) in [7, 11) is 2.02. The number of rotatable bonds is 4. The normalized spacial score (nSPS) is 19.3. The fourth-order valence-corrected chi connectivity index (χ4v) is 2.02. The number of pyridine rings is 1. The Morgan fingerprint density at radius 2 is 2.41 bits per heavy atom. The Balaban J connectivity index is 1.98. The number of hydrogen-bond donors (Lipinski definition) is 0. The van der Waals surface area contributed by atoms with Crippen LogP contribution in [0.4, 0.5) is 5.69 Å². The number of anilines is 1. The van der Waals surface area contributed by atoms with Crippen molar-refractivity contribution < 1.29 is 9.53 Å². The second kappa shape index (κ2) is 5.27. The van der Waals surface area contributed by atoms with Crippen molar-refractivity contribution in [3.8, 4) is 0 Å². The number of nitrogens with zero attached hydrogens (tertiary/aromatic N) is 2. The van der Waals surface area contributed by atoms with Crippen LogP contribution in [-0.2, 0) is 4.74 Å². The summed E-state index contributed by atoms with van der Waals surface area (Å²) >= 11 is 0. The Hall–Kier alpha value is -1.42. The molecule has 0 bridgehead atoms. The summed E-state index contributed by atoms with van der Waals surface area (Å²) in [6, 6.07) is 3.70. The first-order chi connectivity index (χ1) is 8.16. The largest absolute Gasteiger partial charge is 0.376 e. The van der Waals surface area contributed by atoms with Crippen molar-refractivity contribution in [1.29, 1.82) is 0 Å². The molecule has 1 aliphatic heterocycles. The van der Waals surface area contributed by atoms with Crippen LogP contribution in [0, 0.1) is 0 Å². The highest BCUT2D eigenvalue weighted by atomic mass is 16.5. The lowest BCUT2D eigenvalue weighted by Crippen LogP contribution is -2.28. The molecule has 0 N–H and O–H groups in total. The summed E-state index contributed by atoms with van der Waals surface area (Å²) in [4.78, 5) is 17.4. The molecule has 0 saturated carbocycles. The average molecular weight is 234 g/mol. The minimum Gasteiger partial charge on any atom is -0.376 e. The zero-order chi connectivity index (χ0) is 12.3. The molecule has 1 saturated heterocycles. The van der Waals surface area contributed by atoms with Gasteiger partial charge >= 0.3 is 0 Å². The maximum Gasteiger partial charge on any atom is 0.178 e. The third-order valence-electron chi connectivity index (χ3n) is 3.05. The highest BCUT2D eigenvalue weighted by Crippen LogP contribution is 2.17. The molecule has 0 aliphatic carbocycles. The fourth-order valence-electron chi connectivity index (χ4n) is 2.02. The van der Waals surface area contributed by atoms with E-state index < -0.39 is 0 Å². The van der Waals surface area contributed by atoms with Crippen LogP contribution in [0.15, 0.2) is 18.3 Å². The smallest absolute Gasteiger partial charge is 0.178 e. The van der Waals surface area contributed by atoms with Crippen LogP contribution in [0.5, 0.6) is 0 Å². The van der Waals surface area contributed by atoms with Crippen molar-refractivity contribution in [2.75, 3.05) is 25.1 Å². The van der Waals surface area contributed by atoms with E-state index in [1.54, 1.807) is 12.3 Å². The third-order valence-corrected chi connectivity index (χ3v) is 3.05. The number of aromatic nitrogens is 1. The van der Waals surface area contributed by atoms with Crippen molar-refractivity contribution in [2.45, 2.75) is 25.9 Å². The summed E-state index contributed by atoms with van der Waals surface area (Å²) in [5.74, 6) is -0.00155. The van der Waals surface area contributed by atoms with Crippen molar-refractivity contribution in [1.82, 2.24) is 4.98 Å². The second-order valence-electron chi connectivity index (χ2n) is 4.47. The zero-order valence-electron chi connectivity index (χ0n) is 10.3. The Morgan fingerprint density at radius 3 is 2.94 bits per heavy atom. The lowest BCUT2D eigenvalue weighted by Gasteiger charge is -2.22. The van der Waals surface area contributed by atoms with Gasteiger partial charge in [-0.05, 0) is 25.0 Å². The van der Waals surface area contributed by atoms with E-state index in [0.29, 0.717) is 11.8 Å². The number of carbonyl (C=O) groups excluding carboxylic acids is 1. The Kier molecular flexibility index (Phi) is 3.74. The number of ether oxygens (including phenoxy) is 1. The molecule has 0 aromatic carbocycles. The molecular weight excluding hydrogens is 216 g/mol. The van der Waals surface area contributed by atoms with Crippen LogP contribution in [-0.4, -0.2) is 37.1 Å². The van der Waals surface area contributed by atoms with E-state index in [1.165, 1.54) is 6.92 Å². The quantitative estimate of drug-likeness (QED) is 0.746. The van der Waals surface area contributed by atoms with Crippen LogP contribution in [0.25, 0.3) is 0 Å². The molecule has 0 spiro atoms. The minimum atomic E-state index is -0.00155. The van der Waals surface area contributed by atoms with Crippen LogP contribution in [0.1, 0.15) is 30.3 Å². The van der Waals surface area contributed by atoms with Gasteiger partial charge in [-0.1, -0.05) is 0 Å². The molecule has 2 rings (SSSR count). The second-order valence-corrected chi connectivity index (χ2v) is 4.47. The van der Waals surface area contributed by atoms with Gasteiger partial charge in [0, 0.05) is 27.1 Å². The maximum atomic E-state index is 11.1. The van der Waals surface area contributed by atoms with Gasteiger partial charge in [-0.3, -0.25) is 9.78 Å². The van der Waals surface area contributed by atoms with Gasteiger partial charge in [0.2, 0.25) is 0 Å². The van der Waals surface area contributed by atoms with Crippen LogP contribution in [0.3, 0.4) is 0 Å². The Bertz CT molecular complexity index is 383. The molecule has 2 heterocycles. The molecule has 1 aromatic heterocycles. The Labute approximate surface area is 102 Å². The van der Waals surface area contributed by atoms with Crippen molar-refractivity contribution in [3.63, 3.8) is 0 Å². The predicted octanol–water partition coefficient (Wildman–Crippen LogP) is 1.90. The minimum absolute atomic E-state index is 0.00155. The van der Waals surface area contributed by atoms with E-state index in [4.69, 9.17) is 4.74 Å². The SMILES string of the molecule is CC(=O)c1ccc(N(C)CC2CCCO2)cn1. The molecule has 1 aliphatic rings. The zero-order valence-corrected chi connectivity index (χ0v) is 10.3. The lowest BCUT2D eigenvalue weighted by atomic mass is 10.2. The monoisotopic (exact) mass is 234 g/mol. The number of ketones is 1. The molecule has 17 heavy (non-hydrogen) atoms. The number of Topliss-reactive ketones (excluding diaryl/α,β-unsaturated/α-hetero) is 1. The van der Waals surface area contributed by atoms with Gasteiger partial charge in [0.1, 0.15) is 5.69 Å². The first kappa shape index (κ1) is 12.0. The van der Waals surface area contributed by atoms with E-state index >= 15 is 0 Å². The van der Waals surface area contributed by atoms with Gasteiger partial charge in [-0.15, -0.1) is 0 Å². The summed E-state index contributed by atoms with van der Waals surface area (Å²) < 4.78 is 5.59. The first-order valence-corrected chi connectivity index (χ1v) is 5.96. The van der Waals surface area contributed by atoms with Gasteiger partial charge in [-0.25, -0.2) is 0 Å². The lowest BCUT2D eigenvalue weighted by molar-refractivity contribution is 0.101. The first-order valence-electron chi connectivity index (χ1n) is 5.96. The molecule has 1 fully saturated rings. The highest BCUT2D eigenvalue weighted by molar-refractivity contribution is 5.92. The van der Waals surface area contributed by atoms with E-state index in [2.05, 4.69) is 9.88 Å². The molecule has 1 atom stereocenters. The van der Waals surface area contributed by atoms with E-state index in [0.717, 1.165) is 31.7 Å². The Morgan fingerprint density at radius 1 is 1.59 bits per heavy atom. The highest BCUT2D eigenvalue weighted by Gasteiger charge is 2.17. The summed E-state index contributed by atoms with van der Waals surface area (Å²) in [6.07, 6.45) is 4.35. The van der Waals surface area contributed by atoms with E-state index in [9.17, 15) is 4.79 Å². The number of likely N-dealkylation sites (N-methyl/N-ethyl adjacent to an activating group) is 1. The topological polar surface area (TPSA) is 42.4 Å². The van der Waals surface area contributed by atoms with Crippen LogP contribution in [0.2, 0.25) is 0 Å². The van der Waals surface area contributed by atoms with Gasteiger partial charge in [0.05, 0.1) is 18.0 Å². The average Bonchev–Trinajstić information content (AvgIpc) is 2.82. The summed E-state index contributed by atoms with van der Waals surface area (Å²) in [5, 5.41) is 0. The molecule has 0 amide bonds. The number of carbonyl (C=O) groups is 1. The van der Waals surface area contributed by atoms with Crippen molar-refractivity contribution >= 4 is 11.5 Å². The molecule has 1 unspecified atom stereocenters. The van der Waals surface area contributed by atoms with Crippen LogP contribution < -0.4 is 4.90 Å².